The normalized spacial score (nSPS) is 19.4. The van der Waals surface area contributed by atoms with E-state index in [1.54, 1.807) is 0 Å². The van der Waals surface area contributed by atoms with Gasteiger partial charge < -0.3 is 11.1 Å². The molecule has 1 fully saturated rings. The van der Waals surface area contributed by atoms with Crippen molar-refractivity contribution in [2.24, 2.45) is 5.73 Å². The van der Waals surface area contributed by atoms with Crippen LogP contribution in [0.1, 0.15) is 11.6 Å². The third kappa shape index (κ3) is 1.82. The van der Waals surface area contributed by atoms with Gasteiger partial charge in [-0.15, -0.1) is 0 Å². The summed E-state index contributed by atoms with van der Waals surface area (Å²) < 4.78 is 12.7. The maximum atomic E-state index is 12.7. The fraction of sp³-hybridized carbons (Fsp3) is 0.100. The van der Waals surface area contributed by atoms with Crippen LogP contribution in [-0.2, 0) is 4.79 Å². The molecule has 88 valence electrons. The molecule has 1 aromatic carbocycles. The largest absolute Gasteiger partial charge is 0.351 e. The SMILES string of the molecule is NC(=O)N1C(=O)NC(c2ccc(F)cc2)C1=O. The van der Waals surface area contributed by atoms with Crippen LogP contribution in [0.3, 0.4) is 0 Å². The third-order valence-corrected chi connectivity index (χ3v) is 2.36. The van der Waals surface area contributed by atoms with Gasteiger partial charge in [0.25, 0.3) is 5.91 Å². The van der Waals surface area contributed by atoms with Crippen LogP contribution in [0.2, 0.25) is 0 Å². The lowest BCUT2D eigenvalue weighted by atomic mass is 10.1. The predicted molar refractivity (Wildman–Crippen MR) is 54.1 cm³/mol. The number of carbonyl (C=O) groups excluding carboxylic acids is 3. The highest BCUT2D eigenvalue weighted by molar-refractivity contribution is 6.15. The number of imide groups is 3. The minimum Gasteiger partial charge on any atom is -0.351 e. The molecule has 0 aromatic heterocycles. The van der Waals surface area contributed by atoms with E-state index >= 15 is 0 Å². The van der Waals surface area contributed by atoms with Crippen molar-refractivity contribution in [2.75, 3.05) is 0 Å². The molecule has 0 aliphatic carbocycles. The van der Waals surface area contributed by atoms with Crippen molar-refractivity contribution in [2.45, 2.75) is 6.04 Å². The van der Waals surface area contributed by atoms with Gasteiger partial charge in [0.05, 0.1) is 0 Å². The van der Waals surface area contributed by atoms with Crippen LogP contribution < -0.4 is 11.1 Å². The molecule has 6 nitrogen and oxygen atoms in total. The van der Waals surface area contributed by atoms with E-state index in [2.05, 4.69) is 5.32 Å². The first-order valence-corrected chi connectivity index (χ1v) is 4.70. The molecular formula is C10H8FN3O3. The van der Waals surface area contributed by atoms with Gasteiger partial charge in [-0.05, 0) is 17.7 Å². The molecule has 3 N–H and O–H groups in total. The number of primary amides is 1. The van der Waals surface area contributed by atoms with Gasteiger partial charge in [0.2, 0.25) is 0 Å². The summed E-state index contributed by atoms with van der Waals surface area (Å²) in [4.78, 5) is 34.2. The zero-order chi connectivity index (χ0) is 12.6. The van der Waals surface area contributed by atoms with Crippen molar-refractivity contribution in [3.8, 4) is 0 Å². The average Bonchev–Trinajstić information content (AvgIpc) is 2.55. The number of rotatable bonds is 1. The number of benzene rings is 1. The fourth-order valence-corrected chi connectivity index (χ4v) is 1.57. The quantitative estimate of drug-likeness (QED) is 0.696. The van der Waals surface area contributed by atoms with Gasteiger partial charge in [0.15, 0.2) is 0 Å². The highest BCUT2D eigenvalue weighted by Gasteiger charge is 2.41. The molecule has 1 atom stereocenters. The number of hydrogen-bond donors (Lipinski definition) is 2. The second kappa shape index (κ2) is 3.85. The predicted octanol–water partition coefficient (Wildman–Crippen LogP) is 0.497. The molecule has 1 unspecified atom stereocenters. The van der Waals surface area contributed by atoms with Gasteiger partial charge in [-0.2, -0.15) is 4.90 Å². The van der Waals surface area contributed by atoms with Crippen LogP contribution >= 0.6 is 0 Å². The number of halogens is 1. The molecule has 0 radical (unpaired) electrons. The molecule has 0 saturated carbocycles. The molecule has 2 rings (SSSR count). The number of carbonyl (C=O) groups is 3. The monoisotopic (exact) mass is 237 g/mol. The Morgan fingerprint density at radius 1 is 1.29 bits per heavy atom. The van der Waals surface area contributed by atoms with Crippen molar-refractivity contribution in [1.82, 2.24) is 10.2 Å². The van der Waals surface area contributed by atoms with Gasteiger partial charge in [0, 0.05) is 0 Å². The lowest BCUT2D eigenvalue weighted by Crippen LogP contribution is -2.40. The molecular weight excluding hydrogens is 229 g/mol. The number of amides is 5. The summed E-state index contributed by atoms with van der Waals surface area (Å²) in [6, 6.07) is 1.99. The van der Waals surface area contributed by atoms with E-state index in [-0.39, 0.29) is 0 Å². The molecule has 0 bridgehead atoms. The van der Waals surface area contributed by atoms with Crippen molar-refractivity contribution >= 4 is 18.0 Å². The number of nitrogens with zero attached hydrogens (tertiary/aromatic N) is 1. The van der Waals surface area contributed by atoms with Crippen molar-refractivity contribution in [1.29, 1.82) is 0 Å². The molecule has 1 aliphatic rings. The van der Waals surface area contributed by atoms with Gasteiger partial charge in [-0.1, -0.05) is 12.1 Å². The van der Waals surface area contributed by atoms with E-state index in [0.717, 1.165) is 12.1 Å². The smallest absolute Gasteiger partial charge is 0.333 e. The van der Waals surface area contributed by atoms with Crippen LogP contribution in [0.4, 0.5) is 14.0 Å². The minimum atomic E-state index is -1.14. The average molecular weight is 237 g/mol. The molecule has 1 aliphatic heterocycles. The lowest BCUT2D eigenvalue weighted by Gasteiger charge is -2.08. The first kappa shape index (κ1) is 11.1. The molecule has 1 heterocycles. The Labute approximate surface area is 95.2 Å². The van der Waals surface area contributed by atoms with Crippen molar-refractivity contribution in [3.63, 3.8) is 0 Å². The van der Waals surface area contributed by atoms with E-state index in [0.29, 0.717) is 10.5 Å². The Bertz CT molecular complexity index is 500. The molecule has 1 saturated heterocycles. The summed E-state index contributed by atoms with van der Waals surface area (Å²) in [6.07, 6.45) is 0. The van der Waals surface area contributed by atoms with Crippen LogP contribution in [0.15, 0.2) is 24.3 Å². The fourth-order valence-electron chi connectivity index (χ4n) is 1.57. The number of nitrogens with two attached hydrogens (primary N) is 1. The summed E-state index contributed by atoms with van der Waals surface area (Å²) in [5, 5.41) is 2.28. The van der Waals surface area contributed by atoms with E-state index in [4.69, 9.17) is 5.73 Å². The Balaban J connectivity index is 2.31. The molecule has 0 spiro atoms. The third-order valence-electron chi connectivity index (χ3n) is 2.36. The zero-order valence-corrected chi connectivity index (χ0v) is 8.51. The Hall–Kier alpha value is -2.44. The molecule has 17 heavy (non-hydrogen) atoms. The molecule has 5 amide bonds. The number of hydrogen-bond acceptors (Lipinski definition) is 3. The second-order valence-corrected chi connectivity index (χ2v) is 3.45. The first-order chi connectivity index (χ1) is 8.00. The van der Waals surface area contributed by atoms with E-state index < -0.39 is 29.8 Å². The maximum Gasteiger partial charge on any atom is 0.333 e. The van der Waals surface area contributed by atoms with Crippen molar-refractivity contribution in [3.05, 3.63) is 35.6 Å². The molecule has 1 aromatic rings. The van der Waals surface area contributed by atoms with Gasteiger partial charge >= 0.3 is 12.1 Å². The Kier molecular flexibility index (Phi) is 2.51. The summed E-state index contributed by atoms with van der Waals surface area (Å²) in [5.74, 6) is -1.23. The summed E-state index contributed by atoms with van der Waals surface area (Å²) in [6.45, 7) is 0. The second-order valence-electron chi connectivity index (χ2n) is 3.45. The summed E-state index contributed by atoms with van der Waals surface area (Å²) >= 11 is 0. The van der Waals surface area contributed by atoms with E-state index in [9.17, 15) is 18.8 Å². The number of urea groups is 2. The van der Waals surface area contributed by atoms with E-state index in [1.165, 1.54) is 12.1 Å². The van der Waals surface area contributed by atoms with E-state index in [1.807, 2.05) is 0 Å². The van der Waals surface area contributed by atoms with Gasteiger partial charge in [-0.3, -0.25) is 4.79 Å². The van der Waals surface area contributed by atoms with Crippen molar-refractivity contribution < 1.29 is 18.8 Å². The lowest BCUT2D eigenvalue weighted by molar-refractivity contribution is -0.125. The standard InChI is InChI=1S/C10H8FN3O3/c11-6-3-1-5(2-4-6)7-8(15)14(9(12)16)10(17)13-7/h1-4,7H,(H2,12,16)(H,13,17). The van der Waals surface area contributed by atoms with Crippen LogP contribution in [0, 0.1) is 5.82 Å². The first-order valence-electron chi connectivity index (χ1n) is 4.70. The highest BCUT2D eigenvalue weighted by Crippen LogP contribution is 2.21. The topological polar surface area (TPSA) is 92.5 Å². The summed E-state index contributed by atoms with van der Waals surface area (Å²) in [5.41, 5.74) is 5.27. The number of nitrogens with one attached hydrogen (secondary N) is 1. The van der Waals surface area contributed by atoms with Gasteiger partial charge in [-0.25, -0.2) is 14.0 Å². The Morgan fingerprint density at radius 3 is 2.35 bits per heavy atom. The van der Waals surface area contributed by atoms with Crippen LogP contribution in [0.25, 0.3) is 0 Å². The maximum absolute atomic E-state index is 12.7. The molecule has 7 heteroatoms. The van der Waals surface area contributed by atoms with Crippen LogP contribution in [-0.4, -0.2) is 22.9 Å². The summed E-state index contributed by atoms with van der Waals surface area (Å²) in [7, 11) is 0. The Morgan fingerprint density at radius 2 is 1.88 bits per heavy atom. The zero-order valence-electron chi connectivity index (χ0n) is 8.51. The highest BCUT2D eigenvalue weighted by atomic mass is 19.1. The van der Waals surface area contributed by atoms with Gasteiger partial charge in [0.1, 0.15) is 11.9 Å². The minimum absolute atomic E-state index is 0.314. The van der Waals surface area contributed by atoms with Crippen LogP contribution in [0.5, 0.6) is 0 Å².